The van der Waals surface area contributed by atoms with Crippen molar-refractivity contribution in [3.63, 3.8) is 0 Å². The molecule has 0 aliphatic carbocycles. The van der Waals surface area contributed by atoms with Gasteiger partial charge in [-0.3, -0.25) is 0 Å². The second-order valence-electron chi connectivity index (χ2n) is 10.4. The molecule has 3 aliphatic rings. The molecule has 2 N–H and O–H groups in total. The molecule has 4 unspecified atom stereocenters. The second-order valence-corrected chi connectivity index (χ2v) is 10.4. The molecule has 0 bridgehead atoms. The lowest BCUT2D eigenvalue weighted by atomic mass is 9.93. The number of hydrogen-bond donors (Lipinski definition) is 2. The number of nitrogens with one attached hydrogen (secondary N) is 1. The van der Waals surface area contributed by atoms with Crippen molar-refractivity contribution in [2.45, 2.75) is 88.0 Å². The first-order chi connectivity index (χ1) is 20.3. The molecule has 226 valence electrons. The number of aliphatic hydroxyl groups excluding tert-OH is 1. The van der Waals surface area contributed by atoms with Gasteiger partial charge in [-0.05, 0) is 31.0 Å². The Hall–Kier alpha value is -3.55. The SMILES string of the molecule is CCC1O[C@@H](O[C@H]2C(C(=O)OC)O[C@@H](C)C(OC(=O)c3ccccc3)[C@@H]2OCc2ccccc2)[C@@H]2NC(=O)OC2[C@H]1O. The third-order valence-corrected chi connectivity index (χ3v) is 7.64. The average Bonchev–Trinajstić information content (AvgIpc) is 3.42. The molecule has 0 saturated carbocycles. The number of fused-ring (bicyclic) bond motifs is 1. The van der Waals surface area contributed by atoms with Crippen LogP contribution < -0.4 is 5.32 Å². The number of benzene rings is 2. The predicted octanol–water partition coefficient (Wildman–Crippen LogP) is 2.12. The maximum Gasteiger partial charge on any atom is 0.408 e. The highest BCUT2D eigenvalue weighted by Gasteiger charge is 2.57. The van der Waals surface area contributed by atoms with Crippen LogP contribution in [0.25, 0.3) is 0 Å². The molecule has 0 radical (unpaired) electrons. The summed E-state index contributed by atoms with van der Waals surface area (Å²) >= 11 is 0. The monoisotopic (exact) mass is 585 g/mol. The van der Waals surface area contributed by atoms with Gasteiger partial charge in [0.15, 0.2) is 24.6 Å². The highest BCUT2D eigenvalue weighted by atomic mass is 16.7. The quantitative estimate of drug-likeness (QED) is 0.329. The minimum absolute atomic E-state index is 0.0963. The number of hydrogen-bond acceptors (Lipinski definition) is 11. The molecule has 0 spiro atoms. The lowest BCUT2D eigenvalue weighted by molar-refractivity contribution is -0.314. The van der Waals surface area contributed by atoms with Crippen LogP contribution in [0.5, 0.6) is 0 Å². The fourth-order valence-electron chi connectivity index (χ4n) is 5.46. The van der Waals surface area contributed by atoms with Gasteiger partial charge in [-0.25, -0.2) is 14.4 Å². The molecule has 5 rings (SSSR count). The first-order valence-corrected chi connectivity index (χ1v) is 13.9. The fourth-order valence-corrected chi connectivity index (χ4v) is 5.46. The molecule has 3 fully saturated rings. The normalized spacial score (nSPS) is 34.0. The molecular weight excluding hydrogens is 550 g/mol. The first kappa shape index (κ1) is 29.9. The zero-order valence-corrected chi connectivity index (χ0v) is 23.5. The highest BCUT2D eigenvalue weighted by Crippen LogP contribution is 2.35. The summed E-state index contributed by atoms with van der Waals surface area (Å²) in [7, 11) is 1.22. The predicted molar refractivity (Wildman–Crippen MR) is 144 cm³/mol. The van der Waals surface area contributed by atoms with Crippen molar-refractivity contribution in [2.75, 3.05) is 7.11 Å². The lowest BCUT2D eigenvalue weighted by Gasteiger charge is -2.47. The van der Waals surface area contributed by atoms with E-state index < -0.39 is 79.2 Å². The summed E-state index contributed by atoms with van der Waals surface area (Å²) in [4.78, 5) is 38.3. The average molecular weight is 586 g/mol. The van der Waals surface area contributed by atoms with E-state index in [0.29, 0.717) is 12.0 Å². The maximum atomic E-state index is 13.2. The number of amides is 1. The van der Waals surface area contributed by atoms with Crippen LogP contribution in [0.1, 0.15) is 36.2 Å². The minimum Gasteiger partial charge on any atom is -0.467 e. The van der Waals surface area contributed by atoms with Crippen LogP contribution in [0.4, 0.5) is 4.79 Å². The van der Waals surface area contributed by atoms with Gasteiger partial charge in [0.25, 0.3) is 0 Å². The van der Waals surface area contributed by atoms with E-state index in [1.54, 1.807) is 37.3 Å². The number of ether oxygens (including phenoxy) is 7. The van der Waals surface area contributed by atoms with Crippen LogP contribution in [0.15, 0.2) is 60.7 Å². The van der Waals surface area contributed by atoms with Crippen molar-refractivity contribution in [1.29, 1.82) is 0 Å². The summed E-state index contributed by atoms with van der Waals surface area (Å²) in [6, 6.07) is 16.9. The van der Waals surface area contributed by atoms with Crippen LogP contribution >= 0.6 is 0 Å². The number of rotatable bonds is 9. The van der Waals surface area contributed by atoms with Crippen molar-refractivity contribution >= 4 is 18.0 Å². The summed E-state index contributed by atoms with van der Waals surface area (Å²) in [6.45, 7) is 3.57. The summed E-state index contributed by atoms with van der Waals surface area (Å²) in [5.41, 5.74) is 1.15. The summed E-state index contributed by atoms with van der Waals surface area (Å²) in [5, 5.41) is 13.3. The van der Waals surface area contributed by atoms with Gasteiger partial charge in [-0.15, -0.1) is 0 Å². The van der Waals surface area contributed by atoms with Gasteiger partial charge < -0.3 is 43.6 Å². The Kier molecular flexibility index (Phi) is 9.39. The molecule has 10 atom stereocenters. The summed E-state index contributed by atoms with van der Waals surface area (Å²) < 4.78 is 41.2. The Bertz CT molecular complexity index is 1230. The number of aliphatic hydroxyl groups is 1. The van der Waals surface area contributed by atoms with Crippen LogP contribution in [-0.4, -0.2) is 91.4 Å². The van der Waals surface area contributed by atoms with Gasteiger partial charge in [0.2, 0.25) is 0 Å². The van der Waals surface area contributed by atoms with Crippen molar-refractivity contribution < 1.29 is 52.6 Å². The summed E-state index contributed by atoms with van der Waals surface area (Å²) in [6.07, 6.45) is -9.66. The zero-order chi connectivity index (χ0) is 29.8. The molecule has 3 heterocycles. The molecule has 2 aromatic rings. The molecule has 42 heavy (non-hydrogen) atoms. The van der Waals surface area contributed by atoms with E-state index in [4.69, 9.17) is 33.2 Å². The van der Waals surface area contributed by atoms with Crippen molar-refractivity contribution in [3.05, 3.63) is 71.8 Å². The van der Waals surface area contributed by atoms with Crippen molar-refractivity contribution in [2.24, 2.45) is 0 Å². The van der Waals surface area contributed by atoms with Crippen LogP contribution in [-0.2, 0) is 44.6 Å². The zero-order valence-electron chi connectivity index (χ0n) is 23.5. The Balaban J connectivity index is 1.48. The Morgan fingerprint density at radius 2 is 1.67 bits per heavy atom. The van der Waals surface area contributed by atoms with E-state index in [9.17, 15) is 19.5 Å². The fraction of sp³-hybridized carbons (Fsp3) is 0.500. The topological polar surface area (TPSA) is 148 Å². The van der Waals surface area contributed by atoms with Gasteiger partial charge in [0.1, 0.15) is 24.4 Å². The second kappa shape index (κ2) is 13.2. The van der Waals surface area contributed by atoms with E-state index in [-0.39, 0.29) is 6.61 Å². The van der Waals surface area contributed by atoms with Crippen molar-refractivity contribution in [1.82, 2.24) is 5.32 Å². The van der Waals surface area contributed by atoms with E-state index in [0.717, 1.165) is 5.56 Å². The molecule has 2 aromatic carbocycles. The number of carbonyl (C=O) groups excluding carboxylic acids is 3. The van der Waals surface area contributed by atoms with Gasteiger partial charge in [0.05, 0.1) is 31.5 Å². The van der Waals surface area contributed by atoms with Crippen molar-refractivity contribution in [3.8, 4) is 0 Å². The van der Waals surface area contributed by atoms with Crippen LogP contribution in [0.3, 0.4) is 0 Å². The number of carbonyl (C=O) groups is 3. The maximum absolute atomic E-state index is 13.2. The third-order valence-electron chi connectivity index (χ3n) is 7.64. The standard InChI is InChI=1S/C30H35NO11/c1-4-19-21(32)23-20(31-30(35)42-23)29(39-19)41-25-24(37-15-17-11-7-5-8-12-17)22(16(2)38-26(25)28(34)36-3)40-27(33)18-13-9-6-10-14-18/h5-14,16,19-26,29,32H,4,15H2,1-3H3,(H,31,35)/t16-,19?,20+,21-,22?,23?,24-,25+,26?,29-/m0/s1. The minimum atomic E-state index is -1.30. The molecule has 12 heteroatoms. The smallest absolute Gasteiger partial charge is 0.408 e. The summed E-state index contributed by atoms with van der Waals surface area (Å²) in [5.74, 6) is -1.35. The van der Waals surface area contributed by atoms with E-state index in [1.165, 1.54) is 7.11 Å². The third kappa shape index (κ3) is 6.27. The number of esters is 2. The Morgan fingerprint density at radius 3 is 2.33 bits per heavy atom. The molecular formula is C30H35NO11. The van der Waals surface area contributed by atoms with Gasteiger partial charge in [0, 0.05) is 0 Å². The Morgan fingerprint density at radius 1 is 0.976 bits per heavy atom. The first-order valence-electron chi connectivity index (χ1n) is 13.9. The Labute approximate surface area is 243 Å². The molecule has 3 aliphatic heterocycles. The molecule has 0 aromatic heterocycles. The molecule has 12 nitrogen and oxygen atoms in total. The van der Waals surface area contributed by atoms with Crippen LogP contribution in [0, 0.1) is 0 Å². The molecule has 3 saturated heterocycles. The highest BCUT2D eigenvalue weighted by molar-refractivity contribution is 5.89. The largest absolute Gasteiger partial charge is 0.467 e. The van der Waals surface area contributed by atoms with Gasteiger partial charge in [-0.1, -0.05) is 55.5 Å². The molecule has 1 amide bonds. The van der Waals surface area contributed by atoms with Crippen LogP contribution in [0.2, 0.25) is 0 Å². The van der Waals surface area contributed by atoms with Gasteiger partial charge >= 0.3 is 18.0 Å². The van der Waals surface area contributed by atoms with E-state index in [1.807, 2.05) is 37.3 Å². The van der Waals surface area contributed by atoms with E-state index >= 15 is 0 Å². The lowest BCUT2D eigenvalue weighted by Crippen LogP contribution is -2.66. The number of alkyl carbamates (subject to hydrolysis) is 1. The van der Waals surface area contributed by atoms with Gasteiger partial charge in [-0.2, -0.15) is 0 Å². The number of methoxy groups -OCH3 is 1. The van der Waals surface area contributed by atoms with E-state index in [2.05, 4.69) is 5.32 Å².